The largest absolute Gasteiger partial charge is 0.456 e. The Hall–Kier alpha value is -9.18. The molecule has 2 aromatic heterocycles. The van der Waals surface area contributed by atoms with Crippen LogP contribution < -0.4 is 4.90 Å². The lowest BCUT2D eigenvalue weighted by Crippen LogP contribution is -2.09. The van der Waals surface area contributed by atoms with Gasteiger partial charge in [-0.25, -0.2) is 0 Å². The molecule has 0 atom stereocenters. The summed E-state index contributed by atoms with van der Waals surface area (Å²) in [4.78, 5) is 2.34. The van der Waals surface area contributed by atoms with Crippen LogP contribution in [-0.2, 0) is 0 Å². The van der Waals surface area contributed by atoms with Crippen molar-refractivity contribution in [2.75, 3.05) is 4.90 Å². The normalized spacial score (nSPS) is 11.8. The molecule has 0 spiro atoms. The molecule has 0 aliphatic carbocycles. The molecule has 3 heteroatoms. The van der Waals surface area contributed by atoms with Gasteiger partial charge in [-0.1, -0.05) is 176 Å². The molecule has 14 aromatic rings. The van der Waals surface area contributed by atoms with E-state index in [1.54, 1.807) is 0 Å². The van der Waals surface area contributed by atoms with Crippen LogP contribution in [0.2, 0.25) is 0 Å². The molecule has 0 aliphatic rings. The quantitative estimate of drug-likeness (QED) is 0.149. The Kier molecular flexibility index (Phi) is 8.90. The van der Waals surface area contributed by atoms with Crippen LogP contribution in [0.15, 0.2) is 258 Å². The monoisotopic (exact) mass is 879 g/mol. The zero-order valence-corrected chi connectivity index (χ0v) is 37.4. The molecule has 2 heterocycles. The van der Waals surface area contributed by atoms with E-state index in [9.17, 15) is 0 Å². The highest BCUT2D eigenvalue weighted by molar-refractivity contribution is 6.28. The van der Waals surface area contributed by atoms with Gasteiger partial charge in [0.15, 0.2) is 0 Å². The van der Waals surface area contributed by atoms with Gasteiger partial charge < -0.3 is 13.7 Å². The van der Waals surface area contributed by atoms with Crippen LogP contribution in [0, 0.1) is 0 Å². The minimum absolute atomic E-state index is 0.833. The highest BCUT2D eigenvalue weighted by Gasteiger charge is 2.22. The first-order chi connectivity index (χ1) is 34.2. The van der Waals surface area contributed by atoms with Crippen LogP contribution in [-0.4, -0.2) is 0 Å². The van der Waals surface area contributed by atoms with Gasteiger partial charge in [-0.2, -0.15) is 0 Å². The van der Waals surface area contributed by atoms with Gasteiger partial charge >= 0.3 is 0 Å². The van der Waals surface area contributed by atoms with Crippen molar-refractivity contribution in [3.8, 4) is 44.5 Å². The van der Waals surface area contributed by atoms with E-state index in [-0.39, 0.29) is 0 Å². The van der Waals surface area contributed by atoms with Crippen molar-refractivity contribution >= 4 is 93.3 Å². The second-order valence-corrected chi connectivity index (χ2v) is 18.0. The average Bonchev–Trinajstić information content (AvgIpc) is 4.00. The fourth-order valence-corrected chi connectivity index (χ4v) is 10.8. The summed E-state index contributed by atoms with van der Waals surface area (Å²) in [5.41, 5.74) is 15.7. The maximum Gasteiger partial charge on any atom is 0.143 e. The Morgan fingerprint density at radius 2 is 0.638 bits per heavy atom. The molecule has 0 unspecified atom stereocenters. The minimum atomic E-state index is 0.833. The fourth-order valence-electron chi connectivity index (χ4n) is 10.8. The van der Waals surface area contributed by atoms with Gasteiger partial charge in [0.2, 0.25) is 0 Å². The summed E-state index contributed by atoms with van der Waals surface area (Å²) >= 11 is 0. The molecule has 322 valence electrons. The molecule has 0 amide bonds. The topological polar surface area (TPSA) is 29.5 Å². The van der Waals surface area contributed by atoms with Crippen LogP contribution in [0.25, 0.3) is 121 Å². The molecule has 0 fully saturated rings. The van der Waals surface area contributed by atoms with Crippen molar-refractivity contribution in [2.45, 2.75) is 0 Å². The SMILES string of the molecule is c1ccc(-c2ccc(N(c3ccc(-c4ccccc4)cc3)c3ccc(-c4cc(-c5ccc6c7ccccc7c7ccccc7c6c5)cc5c4oc4ccc6oc7ccccc7c6c45)cc3)cc2)cc1. The summed E-state index contributed by atoms with van der Waals surface area (Å²) in [5.74, 6) is 0. The number of fused-ring (bicyclic) bond motifs is 13. The van der Waals surface area contributed by atoms with Crippen LogP contribution in [0.5, 0.6) is 0 Å². The zero-order valence-electron chi connectivity index (χ0n) is 37.4. The molecular formula is C66H41NO2. The van der Waals surface area contributed by atoms with E-state index in [2.05, 4.69) is 235 Å². The van der Waals surface area contributed by atoms with Crippen molar-refractivity contribution in [1.82, 2.24) is 0 Å². The molecule has 3 nitrogen and oxygen atoms in total. The third-order valence-electron chi connectivity index (χ3n) is 14.1. The standard InChI is InChI=1S/C66H41NO2/c1-3-13-42(14-4-1)44-23-30-49(31-24-44)67(50-32-25-45(26-33-50)43-15-5-2-6-16-43)51-34-27-46(28-35-51)58-40-48(41-60-65-63(69-66(58)60)38-37-62-64(65)57-21-11-12-22-61(57)68-62)47-29-36-56-54-19-8-7-17-52(54)53-18-9-10-20-55(53)59(56)39-47/h1-41H. The first-order valence-corrected chi connectivity index (χ1v) is 23.6. The number of rotatable bonds is 7. The Labute approximate surface area is 398 Å². The molecule has 0 bridgehead atoms. The molecular weight excluding hydrogens is 839 g/mol. The summed E-state index contributed by atoms with van der Waals surface area (Å²) in [7, 11) is 0. The van der Waals surface area contributed by atoms with E-state index in [1.165, 1.54) is 54.6 Å². The van der Waals surface area contributed by atoms with E-state index in [0.29, 0.717) is 0 Å². The van der Waals surface area contributed by atoms with Gasteiger partial charge in [-0.3, -0.25) is 0 Å². The van der Waals surface area contributed by atoms with E-state index >= 15 is 0 Å². The molecule has 0 saturated carbocycles. The fraction of sp³-hybridized carbons (Fsp3) is 0. The van der Waals surface area contributed by atoms with Crippen LogP contribution >= 0.6 is 0 Å². The highest BCUT2D eigenvalue weighted by atomic mass is 16.3. The van der Waals surface area contributed by atoms with E-state index < -0.39 is 0 Å². The summed E-state index contributed by atoms with van der Waals surface area (Å²) in [6.45, 7) is 0. The smallest absolute Gasteiger partial charge is 0.143 e. The maximum atomic E-state index is 6.99. The lowest BCUT2D eigenvalue weighted by atomic mass is 9.90. The van der Waals surface area contributed by atoms with E-state index in [4.69, 9.17) is 8.83 Å². The Morgan fingerprint density at radius 3 is 1.20 bits per heavy atom. The lowest BCUT2D eigenvalue weighted by Gasteiger charge is -2.26. The number of nitrogens with zero attached hydrogens (tertiary/aromatic N) is 1. The number of anilines is 3. The predicted octanol–water partition coefficient (Wildman–Crippen LogP) is 19.1. The molecule has 0 saturated heterocycles. The number of furan rings is 2. The lowest BCUT2D eigenvalue weighted by molar-refractivity contribution is 0.663. The van der Waals surface area contributed by atoms with Gasteiger partial charge in [0.05, 0.1) is 0 Å². The first kappa shape index (κ1) is 39.0. The summed E-state index contributed by atoms with van der Waals surface area (Å²) in [6, 6.07) is 89.4. The van der Waals surface area contributed by atoms with E-state index in [1.807, 2.05) is 18.2 Å². The van der Waals surface area contributed by atoms with Gasteiger partial charge in [0.1, 0.15) is 22.3 Å². The molecule has 12 aromatic carbocycles. The molecule has 0 radical (unpaired) electrons. The highest BCUT2D eigenvalue weighted by Crippen LogP contribution is 2.46. The van der Waals surface area contributed by atoms with Crippen molar-refractivity contribution in [2.24, 2.45) is 0 Å². The molecule has 69 heavy (non-hydrogen) atoms. The number of benzene rings is 12. The second kappa shape index (κ2) is 15.7. The Bertz CT molecular complexity index is 4140. The van der Waals surface area contributed by atoms with Crippen molar-refractivity contribution in [3.05, 3.63) is 249 Å². The van der Waals surface area contributed by atoms with E-state index in [0.717, 1.165) is 83.2 Å². The molecule has 14 rings (SSSR count). The second-order valence-electron chi connectivity index (χ2n) is 18.0. The van der Waals surface area contributed by atoms with Gasteiger partial charge in [-0.15, -0.1) is 0 Å². The van der Waals surface area contributed by atoms with Crippen molar-refractivity contribution in [1.29, 1.82) is 0 Å². The summed E-state index contributed by atoms with van der Waals surface area (Å²) in [6.07, 6.45) is 0. The number of para-hydroxylation sites is 1. The number of hydrogen-bond acceptors (Lipinski definition) is 3. The Balaban J connectivity index is 0.954. The van der Waals surface area contributed by atoms with Crippen LogP contribution in [0.1, 0.15) is 0 Å². The predicted molar refractivity (Wildman–Crippen MR) is 290 cm³/mol. The van der Waals surface area contributed by atoms with Crippen molar-refractivity contribution in [3.63, 3.8) is 0 Å². The van der Waals surface area contributed by atoms with Crippen molar-refractivity contribution < 1.29 is 8.83 Å². The molecule has 0 N–H and O–H groups in total. The third kappa shape index (κ3) is 6.43. The van der Waals surface area contributed by atoms with Crippen LogP contribution in [0.4, 0.5) is 17.1 Å². The maximum absolute atomic E-state index is 6.99. The summed E-state index contributed by atoms with van der Waals surface area (Å²) < 4.78 is 13.4. The van der Waals surface area contributed by atoms with Crippen LogP contribution in [0.3, 0.4) is 0 Å². The third-order valence-corrected chi connectivity index (χ3v) is 14.1. The molecule has 0 aliphatic heterocycles. The Morgan fingerprint density at radius 1 is 0.232 bits per heavy atom. The minimum Gasteiger partial charge on any atom is -0.456 e. The first-order valence-electron chi connectivity index (χ1n) is 23.6. The zero-order chi connectivity index (χ0) is 45.4. The van der Waals surface area contributed by atoms with Gasteiger partial charge in [0.25, 0.3) is 0 Å². The average molecular weight is 880 g/mol. The number of hydrogen-bond donors (Lipinski definition) is 0. The summed E-state index contributed by atoms with van der Waals surface area (Å²) in [5, 5.41) is 11.8. The van der Waals surface area contributed by atoms with Gasteiger partial charge in [-0.05, 0) is 144 Å². The van der Waals surface area contributed by atoms with Gasteiger partial charge in [0, 0.05) is 44.2 Å².